The zero-order chi connectivity index (χ0) is 14.9. The highest BCUT2D eigenvalue weighted by molar-refractivity contribution is 5.65. The van der Waals surface area contributed by atoms with E-state index in [1.807, 2.05) is 6.07 Å². The topological polar surface area (TPSA) is 48.7 Å². The predicted octanol–water partition coefficient (Wildman–Crippen LogP) is 3.73. The first-order chi connectivity index (χ1) is 9.42. The highest BCUT2D eigenvalue weighted by Gasteiger charge is 2.14. The Hall–Kier alpha value is -2.55. The van der Waals surface area contributed by atoms with Crippen LogP contribution in [-0.4, -0.2) is 4.98 Å². The fraction of sp³-hybridized carbons (Fsp3) is 0.143. The van der Waals surface area contributed by atoms with Gasteiger partial charge in [0.05, 0.1) is 11.3 Å². The average molecular weight is 277 g/mol. The Morgan fingerprint density at radius 3 is 2.35 bits per heavy atom. The number of nitrogens with one attached hydrogen (secondary N) is 1. The van der Waals surface area contributed by atoms with Crippen molar-refractivity contribution in [2.45, 2.75) is 13.8 Å². The van der Waals surface area contributed by atoms with Crippen molar-refractivity contribution in [3.8, 4) is 6.07 Å². The monoisotopic (exact) mass is 277 g/mol. The maximum absolute atomic E-state index is 13.6. The summed E-state index contributed by atoms with van der Waals surface area (Å²) in [4.78, 5) is 4.08. The molecule has 1 N–H and O–H groups in total. The molecule has 0 aliphatic rings. The van der Waals surface area contributed by atoms with E-state index in [-0.39, 0.29) is 17.1 Å². The lowest BCUT2D eigenvalue weighted by Gasteiger charge is -2.11. The summed E-state index contributed by atoms with van der Waals surface area (Å²) in [6.45, 7) is 3.42. The number of halogens is 3. The molecule has 0 aliphatic carbocycles. The molecule has 0 atom stereocenters. The fourth-order valence-corrected chi connectivity index (χ4v) is 1.81. The van der Waals surface area contributed by atoms with E-state index in [0.717, 1.165) is 0 Å². The van der Waals surface area contributed by atoms with Crippen LogP contribution in [0.5, 0.6) is 0 Å². The Labute approximate surface area is 113 Å². The van der Waals surface area contributed by atoms with Crippen LogP contribution in [0.2, 0.25) is 0 Å². The zero-order valence-corrected chi connectivity index (χ0v) is 10.8. The number of aryl methyl sites for hydroxylation is 2. The molecular formula is C14H10F3N3. The van der Waals surface area contributed by atoms with Gasteiger partial charge >= 0.3 is 0 Å². The van der Waals surface area contributed by atoms with Crippen molar-refractivity contribution in [2.75, 3.05) is 5.32 Å². The van der Waals surface area contributed by atoms with Gasteiger partial charge in [0.15, 0.2) is 11.6 Å². The van der Waals surface area contributed by atoms with Gasteiger partial charge in [-0.15, -0.1) is 0 Å². The number of hydrogen-bond donors (Lipinski definition) is 1. The number of hydrogen-bond acceptors (Lipinski definition) is 3. The van der Waals surface area contributed by atoms with Crippen LogP contribution >= 0.6 is 0 Å². The summed E-state index contributed by atoms with van der Waals surface area (Å²) in [5.41, 5.74) is 1.22. The molecular weight excluding hydrogens is 267 g/mol. The van der Waals surface area contributed by atoms with Gasteiger partial charge in [0.1, 0.15) is 17.7 Å². The number of benzene rings is 1. The normalized spacial score (nSPS) is 10.2. The molecule has 0 fully saturated rings. The molecule has 1 heterocycles. The van der Waals surface area contributed by atoms with Gasteiger partial charge in [-0.05, 0) is 25.5 Å². The molecule has 102 valence electrons. The predicted molar refractivity (Wildman–Crippen MR) is 68.0 cm³/mol. The van der Waals surface area contributed by atoms with E-state index in [4.69, 9.17) is 5.26 Å². The minimum absolute atomic E-state index is 0.106. The quantitative estimate of drug-likeness (QED) is 0.851. The van der Waals surface area contributed by atoms with Crippen LogP contribution in [0.15, 0.2) is 18.2 Å². The third-order valence-corrected chi connectivity index (χ3v) is 2.72. The van der Waals surface area contributed by atoms with Gasteiger partial charge in [-0.2, -0.15) is 5.26 Å². The van der Waals surface area contributed by atoms with Crippen LogP contribution in [0.25, 0.3) is 0 Å². The Bertz CT molecular complexity index is 721. The highest BCUT2D eigenvalue weighted by Crippen LogP contribution is 2.25. The molecule has 0 spiro atoms. The number of pyridine rings is 1. The van der Waals surface area contributed by atoms with E-state index < -0.39 is 17.5 Å². The third-order valence-electron chi connectivity index (χ3n) is 2.72. The van der Waals surface area contributed by atoms with E-state index in [1.54, 1.807) is 19.9 Å². The lowest BCUT2D eigenvalue weighted by molar-refractivity contribution is 0.496. The summed E-state index contributed by atoms with van der Waals surface area (Å²) in [5.74, 6) is -3.32. The van der Waals surface area contributed by atoms with Crippen LogP contribution in [0, 0.1) is 42.6 Å². The van der Waals surface area contributed by atoms with Crippen molar-refractivity contribution in [3.63, 3.8) is 0 Å². The average Bonchev–Trinajstić information content (AvgIpc) is 2.35. The van der Waals surface area contributed by atoms with Crippen LogP contribution in [0.4, 0.5) is 24.7 Å². The van der Waals surface area contributed by atoms with Gasteiger partial charge < -0.3 is 5.32 Å². The van der Waals surface area contributed by atoms with Crippen molar-refractivity contribution in [1.29, 1.82) is 5.26 Å². The SMILES string of the molecule is Cc1cc(C)c(C#N)c(Nc2cc(F)c(F)cc2F)n1. The molecule has 0 aliphatic heterocycles. The van der Waals surface area contributed by atoms with E-state index in [0.29, 0.717) is 23.4 Å². The maximum atomic E-state index is 13.6. The Morgan fingerprint density at radius 1 is 1.05 bits per heavy atom. The minimum Gasteiger partial charge on any atom is -0.337 e. The molecule has 0 saturated carbocycles. The van der Waals surface area contributed by atoms with E-state index in [2.05, 4.69) is 10.3 Å². The number of anilines is 2. The number of nitrogens with zero attached hydrogens (tertiary/aromatic N) is 2. The summed E-state index contributed by atoms with van der Waals surface area (Å²) >= 11 is 0. The number of aromatic nitrogens is 1. The third kappa shape index (κ3) is 2.57. The molecule has 2 aromatic rings. The first-order valence-corrected chi connectivity index (χ1v) is 5.72. The van der Waals surface area contributed by atoms with Gasteiger partial charge in [-0.3, -0.25) is 0 Å². The molecule has 20 heavy (non-hydrogen) atoms. The van der Waals surface area contributed by atoms with Crippen molar-refractivity contribution < 1.29 is 13.2 Å². The van der Waals surface area contributed by atoms with Crippen molar-refractivity contribution in [3.05, 3.63) is 52.5 Å². The van der Waals surface area contributed by atoms with E-state index in [9.17, 15) is 13.2 Å². The van der Waals surface area contributed by atoms with Gasteiger partial charge in [0.25, 0.3) is 0 Å². The maximum Gasteiger partial charge on any atom is 0.161 e. The van der Waals surface area contributed by atoms with Crippen molar-refractivity contribution >= 4 is 11.5 Å². The lowest BCUT2D eigenvalue weighted by Crippen LogP contribution is -2.03. The summed E-state index contributed by atoms with van der Waals surface area (Å²) in [7, 11) is 0. The van der Waals surface area contributed by atoms with Crippen LogP contribution in [0.3, 0.4) is 0 Å². The second-order valence-electron chi connectivity index (χ2n) is 4.29. The Morgan fingerprint density at radius 2 is 1.70 bits per heavy atom. The Balaban J connectivity index is 2.51. The first-order valence-electron chi connectivity index (χ1n) is 5.72. The molecule has 0 radical (unpaired) electrons. The second-order valence-corrected chi connectivity index (χ2v) is 4.29. The van der Waals surface area contributed by atoms with Crippen molar-refractivity contribution in [2.24, 2.45) is 0 Å². The van der Waals surface area contributed by atoms with E-state index >= 15 is 0 Å². The largest absolute Gasteiger partial charge is 0.337 e. The minimum atomic E-state index is -1.28. The molecule has 0 saturated heterocycles. The molecule has 0 amide bonds. The zero-order valence-electron chi connectivity index (χ0n) is 10.8. The molecule has 0 bridgehead atoms. The molecule has 3 nitrogen and oxygen atoms in total. The lowest BCUT2D eigenvalue weighted by atomic mass is 10.1. The van der Waals surface area contributed by atoms with E-state index in [1.165, 1.54) is 0 Å². The van der Waals surface area contributed by atoms with Crippen molar-refractivity contribution in [1.82, 2.24) is 4.98 Å². The highest BCUT2D eigenvalue weighted by atomic mass is 19.2. The summed E-state index contributed by atoms with van der Waals surface area (Å²) in [6.07, 6.45) is 0. The second kappa shape index (κ2) is 5.21. The standard InChI is InChI=1S/C14H10F3N3/c1-7-3-8(2)19-14(9(7)6-18)20-13-5-11(16)10(15)4-12(13)17/h3-5H,1-2H3,(H,19,20). The Kier molecular flexibility index (Phi) is 3.61. The molecule has 2 rings (SSSR count). The summed E-state index contributed by atoms with van der Waals surface area (Å²) in [6, 6.07) is 4.76. The van der Waals surface area contributed by atoms with Gasteiger partial charge in [0, 0.05) is 17.8 Å². The molecule has 6 heteroatoms. The van der Waals surface area contributed by atoms with Crippen LogP contribution in [-0.2, 0) is 0 Å². The molecule has 1 aromatic carbocycles. The van der Waals surface area contributed by atoms with Gasteiger partial charge in [-0.25, -0.2) is 18.2 Å². The smallest absolute Gasteiger partial charge is 0.161 e. The van der Waals surface area contributed by atoms with Gasteiger partial charge in [0.2, 0.25) is 0 Å². The summed E-state index contributed by atoms with van der Waals surface area (Å²) < 4.78 is 39.6. The number of nitriles is 1. The van der Waals surface area contributed by atoms with Gasteiger partial charge in [-0.1, -0.05) is 0 Å². The van der Waals surface area contributed by atoms with Crippen LogP contribution in [0.1, 0.15) is 16.8 Å². The molecule has 1 aromatic heterocycles. The fourth-order valence-electron chi connectivity index (χ4n) is 1.81. The summed E-state index contributed by atoms with van der Waals surface area (Å²) in [5, 5.41) is 11.6. The first kappa shape index (κ1) is 13.9. The van der Waals surface area contributed by atoms with Crippen LogP contribution < -0.4 is 5.32 Å². The molecule has 0 unspecified atom stereocenters. The number of rotatable bonds is 2.